The van der Waals surface area contributed by atoms with Crippen molar-refractivity contribution in [3.8, 4) is 11.5 Å². The summed E-state index contributed by atoms with van der Waals surface area (Å²) in [5, 5.41) is 0. The Hall–Kier alpha value is -1.47. The first-order valence-electron chi connectivity index (χ1n) is 5.27. The third kappa shape index (κ3) is 6.31. The van der Waals surface area contributed by atoms with Gasteiger partial charge in [-0.05, 0) is 24.3 Å². The second kappa shape index (κ2) is 7.07. The average Bonchev–Trinajstić information content (AvgIpc) is 2.29. The van der Waals surface area contributed by atoms with Crippen LogP contribution in [-0.2, 0) is 4.74 Å². The lowest BCUT2D eigenvalue weighted by atomic mass is 10.3. The Kier molecular flexibility index (Phi) is 5.73. The number of hydrogen-bond acceptors (Lipinski definition) is 4. The number of halogens is 3. The molecule has 0 bridgehead atoms. The van der Waals surface area contributed by atoms with Gasteiger partial charge in [-0.15, -0.1) is 13.2 Å². The van der Waals surface area contributed by atoms with Gasteiger partial charge in [0.1, 0.15) is 18.1 Å². The maximum Gasteiger partial charge on any atom is 0.573 e. The summed E-state index contributed by atoms with van der Waals surface area (Å²) in [7, 11) is 0. The number of hydrogen-bond donors (Lipinski definition) is 1. The van der Waals surface area contributed by atoms with Gasteiger partial charge in [-0.2, -0.15) is 0 Å². The SMILES string of the molecule is NCCOCCOc1ccc(OC(F)(F)F)cc1. The maximum absolute atomic E-state index is 11.9. The van der Waals surface area contributed by atoms with E-state index in [4.69, 9.17) is 15.2 Å². The monoisotopic (exact) mass is 265 g/mol. The van der Waals surface area contributed by atoms with Gasteiger partial charge < -0.3 is 19.9 Å². The Bertz CT molecular complexity index is 340. The third-order valence-electron chi connectivity index (χ3n) is 1.82. The average molecular weight is 265 g/mol. The molecule has 1 rings (SSSR count). The Balaban J connectivity index is 2.32. The van der Waals surface area contributed by atoms with Gasteiger partial charge in [-0.25, -0.2) is 0 Å². The number of nitrogens with two attached hydrogens (primary N) is 1. The summed E-state index contributed by atoms with van der Waals surface area (Å²) in [4.78, 5) is 0. The molecule has 0 unspecified atom stereocenters. The minimum atomic E-state index is -4.68. The molecule has 1 aromatic carbocycles. The molecule has 0 amide bonds. The first-order chi connectivity index (χ1) is 8.51. The standard InChI is InChI=1S/C11H14F3NO3/c12-11(13,14)18-10-3-1-9(2-4-10)17-8-7-16-6-5-15/h1-4H,5-8,15H2. The summed E-state index contributed by atoms with van der Waals surface area (Å²) in [6.45, 7) is 1.56. The van der Waals surface area contributed by atoms with E-state index in [1.807, 2.05) is 0 Å². The summed E-state index contributed by atoms with van der Waals surface area (Å²) < 4.78 is 49.7. The first kappa shape index (κ1) is 14.6. The van der Waals surface area contributed by atoms with Gasteiger partial charge in [-0.3, -0.25) is 0 Å². The van der Waals surface area contributed by atoms with E-state index in [-0.39, 0.29) is 5.75 Å². The molecule has 18 heavy (non-hydrogen) atoms. The molecule has 0 aromatic heterocycles. The van der Waals surface area contributed by atoms with Crippen LogP contribution in [0.3, 0.4) is 0 Å². The zero-order valence-corrected chi connectivity index (χ0v) is 9.57. The van der Waals surface area contributed by atoms with Gasteiger partial charge in [0.25, 0.3) is 0 Å². The fraction of sp³-hybridized carbons (Fsp3) is 0.455. The fourth-order valence-corrected chi connectivity index (χ4v) is 1.14. The normalized spacial score (nSPS) is 11.3. The quantitative estimate of drug-likeness (QED) is 0.765. The molecule has 0 radical (unpaired) electrons. The van der Waals surface area contributed by atoms with Crippen LogP contribution in [-0.4, -0.2) is 32.7 Å². The van der Waals surface area contributed by atoms with Crippen LogP contribution in [0.2, 0.25) is 0 Å². The van der Waals surface area contributed by atoms with E-state index in [1.165, 1.54) is 24.3 Å². The molecule has 0 atom stereocenters. The van der Waals surface area contributed by atoms with Crippen LogP contribution >= 0.6 is 0 Å². The van der Waals surface area contributed by atoms with Crippen LogP contribution in [0.25, 0.3) is 0 Å². The summed E-state index contributed by atoms with van der Waals surface area (Å²) >= 11 is 0. The summed E-state index contributed by atoms with van der Waals surface area (Å²) in [6, 6.07) is 5.15. The van der Waals surface area contributed by atoms with Gasteiger partial charge in [0, 0.05) is 6.54 Å². The molecule has 102 valence electrons. The van der Waals surface area contributed by atoms with E-state index in [9.17, 15) is 13.2 Å². The van der Waals surface area contributed by atoms with Gasteiger partial charge >= 0.3 is 6.36 Å². The largest absolute Gasteiger partial charge is 0.573 e. The van der Waals surface area contributed by atoms with Crippen molar-refractivity contribution in [2.24, 2.45) is 5.73 Å². The van der Waals surface area contributed by atoms with Gasteiger partial charge in [0.05, 0.1) is 13.2 Å². The van der Waals surface area contributed by atoms with E-state index < -0.39 is 6.36 Å². The minimum Gasteiger partial charge on any atom is -0.491 e. The van der Waals surface area contributed by atoms with Crippen LogP contribution in [0.15, 0.2) is 24.3 Å². The molecular weight excluding hydrogens is 251 g/mol. The number of ether oxygens (including phenoxy) is 3. The smallest absolute Gasteiger partial charge is 0.491 e. The lowest BCUT2D eigenvalue weighted by Gasteiger charge is -2.10. The molecule has 0 saturated heterocycles. The summed E-state index contributed by atoms with van der Waals surface area (Å²) in [6.07, 6.45) is -4.68. The Labute approximate surface area is 102 Å². The van der Waals surface area contributed by atoms with Crippen molar-refractivity contribution in [2.75, 3.05) is 26.4 Å². The third-order valence-corrected chi connectivity index (χ3v) is 1.82. The Morgan fingerprint density at radius 1 is 0.944 bits per heavy atom. The minimum absolute atomic E-state index is 0.283. The van der Waals surface area contributed by atoms with Crippen molar-refractivity contribution in [2.45, 2.75) is 6.36 Å². The lowest BCUT2D eigenvalue weighted by Crippen LogP contribution is -2.17. The van der Waals surface area contributed by atoms with Crippen LogP contribution < -0.4 is 15.2 Å². The van der Waals surface area contributed by atoms with Gasteiger partial charge in [-0.1, -0.05) is 0 Å². The molecule has 0 saturated carbocycles. The van der Waals surface area contributed by atoms with Crippen molar-refractivity contribution in [3.05, 3.63) is 24.3 Å². The van der Waals surface area contributed by atoms with Crippen LogP contribution in [0.1, 0.15) is 0 Å². The van der Waals surface area contributed by atoms with Crippen molar-refractivity contribution in [3.63, 3.8) is 0 Å². The zero-order chi connectivity index (χ0) is 13.4. The first-order valence-corrected chi connectivity index (χ1v) is 5.27. The predicted octanol–water partition coefficient (Wildman–Crippen LogP) is 1.94. The molecule has 0 aliphatic carbocycles. The topological polar surface area (TPSA) is 53.7 Å². The molecule has 2 N–H and O–H groups in total. The molecule has 4 nitrogen and oxygen atoms in total. The second-order valence-electron chi connectivity index (χ2n) is 3.27. The van der Waals surface area contributed by atoms with Crippen LogP contribution in [0.5, 0.6) is 11.5 Å². The van der Waals surface area contributed by atoms with Crippen molar-refractivity contribution < 1.29 is 27.4 Å². The molecule has 0 heterocycles. The second-order valence-corrected chi connectivity index (χ2v) is 3.27. The van der Waals surface area contributed by atoms with Crippen molar-refractivity contribution in [1.29, 1.82) is 0 Å². The summed E-state index contributed by atoms with van der Waals surface area (Å²) in [5.41, 5.74) is 5.22. The van der Waals surface area contributed by atoms with E-state index in [2.05, 4.69) is 4.74 Å². The Morgan fingerprint density at radius 2 is 1.56 bits per heavy atom. The van der Waals surface area contributed by atoms with Gasteiger partial charge in [0.2, 0.25) is 0 Å². The molecule has 0 aliphatic heterocycles. The van der Waals surface area contributed by atoms with Crippen molar-refractivity contribution in [1.82, 2.24) is 0 Å². The van der Waals surface area contributed by atoms with E-state index >= 15 is 0 Å². The molecule has 0 spiro atoms. The Morgan fingerprint density at radius 3 is 2.11 bits per heavy atom. The lowest BCUT2D eigenvalue weighted by molar-refractivity contribution is -0.274. The highest BCUT2D eigenvalue weighted by Crippen LogP contribution is 2.24. The highest BCUT2D eigenvalue weighted by atomic mass is 19.4. The van der Waals surface area contributed by atoms with Gasteiger partial charge in [0.15, 0.2) is 0 Å². The molecule has 1 aromatic rings. The number of alkyl halides is 3. The number of rotatable bonds is 7. The van der Waals surface area contributed by atoms with Crippen LogP contribution in [0.4, 0.5) is 13.2 Å². The van der Waals surface area contributed by atoms with Crippen molar-refractivity contribution >= 4 is 0 Å². The summed E-state index contributed by atoms with van der Waals surface area (Å²) in [5.74, 6) is 0.162. The highest BCUT2D eigenvalue weighted by Gasteiger charge is 2.30. The molecule has 0 aliphatic rings. The van der Waals surface area contributed by atoms with E-state index in [0.717, 1.165) is 0 Å². The molecule has 0 fully saturated rings. The maximum atomic E-state index is 11.9. The predicted molar refractivity (Wildman–Crippen MR) is 58.5 cm³/mol. The fourth-order valence-electron chi connectivity index (χ4n) is 1.14. The van der Waals surface area contributed by atoms with E-state index in [1.54, 1.807) is 0 Å². The highest BCUT2D eigenvalue weighted by molar-refractivity contribution is 5.31. The zero-order valence-electron chi connectivity index (χ0n) is 9.57. The van der Waals surface area contributed by atoms with E-state index in [0.29, 0.717) is 32.1 Å². The van der Waals surface area contributed by atoms with Crippen LogP contribution in [0, 0.1) is 0 Å². The molecular formula is C11H14F3NO3. The molecule has 7 heteroatoms. The number of benzene rings is 1.